The fourth-order valence-corrected chi connectivity index (χ4v) is 5.95. The van der Waals surface area contributed by atoms with E-state index in [-0.39, 0.29) is 18.1 Å². The van der Waals surface area contributed by atoms with Crippen molar-refractivity contribution in [2.75, 3.05) is 7.05 Å². The van der Waals surface area contributed by atoms with Gasteiger partial charge in [-0.2, -0.15) is 11.3 Å². The largest absolute Gasteiger partial charge is 0.511 e. The molecule has 4 rings (SSSR count). The number of thiophene rings is 1. The third-order valence-electron chi connectivity index (χ3n) is 5.11. The lowest BCUT2D eigenvalue weighted by Crippen LogP contribution is -2.51. The minimum atomic E-state index is -0.782. The van der Waals surface area contributed by atoms with Gasteiger partial charge in [-0.05, 0) is 52.2 Å². The molecule has 1 amide bonds. The minimum absolute atomic E-state index is 0.0733. The van der Waals surface area contributed by atoms with Gasteiger partial charge < -0.3 is 10.0 Å². The summed E-state index contributed by atoms with van der Waals surface area (Å²) < 4.78 is 0.921. The topological polar surface area (TPSA) is 40.5 Å². The molecule has 0 saturated heterocycles. The number of carbonyl (C=O) groups excluding carboxylic acids is 1. The molecule has 2 heterocycles. The van der Waals surface area contributed by atoms with Gasteiger partial charge in [-0.15, -0.1) is 0 Å². The molecule has 1 aromatic heterocycles. The van der Waals surface area contributed by atoms with Crippen molar-refractivity contribution >= 4 is 56.5 Å². The summed E-state index contributed by atoms with van der Waals surface area (Å²) in [5.74, 6) is -0.158. The van der Waals surface area contributed by atoms with E-state index in [4.69, 9.17) is 11.6 Å². The average Bonchev–Trinajstić information content (AvgIpc) is 3.24. The van der Waals surface area contributed by atoms with Gasteiger partial charge in [0.05, 0.1) is 5.02 Å². The molecule has 0 fully saturated rings. The lowest BCUT2D eigenvalue weighted by molar-refractivity contribution is -0.131. The van der Waals surface area contributed by atoms with Crippen LogP contribution < -0.4 is 0 Å². The van der Waals surface area contributed by atoms with Crippen LogP contribution in [0.25, 0.3) is 0 Å². The first-order valence-corrected chi connectivity index (χ1v) is 11.8. The number of thioether (sulfide) groups is 1. The normalized spacial score (nSPS) is 19.7. The summed E-state index contributed by atoms with van der Waals surface area (Å²) in [5.41, 5.74) is 1.13. The van der Waals surface area contributed by atoms with Gasteiger partial charge in [0.1, 0.15) is 16.2 Å². The van der Waals surface area contributed by atoms with Crippen molar-refractivity contribution < 1.29 is 9.90 Å². The van der Waals surface area contributed by atoms with E-state index in [0.717, 1.165) is 20.5 Å². The minimum Gasteiger partial charge on any atom is -0.511 e. The molecule has 148 valence electrons. The van der Waals surface area contributed by atoms with Gasteiger partial charge in [0.15, 0.2) is 0 Å². The number of likely N-dealkylation sites (N-methyl/N-ethyl adjacent to an activating group) is 1. The monoisotopic (exact) mass is 505 g/mol. The number of hydrogen-bond acceptors (Lipinski definition) is 4. The number of hydrogen-bond donors (Lipinski definition) is 1. The summed E-state index contributed by atoms with van der Waals surface area (Å²) in [4.78, 5) is 16.2. The summed E-state index contributed by atoms with van der Waals surface area (Å²) >= 11 is 12.6. The average molecular weight is 507 g/mol. The van der Waals surface area contributed by atoms with Crippen LogP contribution in [0.15, 0.2) is 85.4 Å². The molecule has 7 heteroatoms. The molecular weight excluding hydrogens is 490 g/mol. The number of aliphatic hydroxyl groups excluding tert-OH is 1. The lowest BCUT2D eigenvalue weighted by Gasteiger charge is -2.45. The molecule has 0 spiro atoms. The maximum Gasteiger partial charge on any atom is 0.264 e. The standard InChI is InChI=1S/C22H17BrClNO2S2/c1-25-21(27)20(29-19-8-3-2-7-17(19)24)18(26)12-22(25,15-9-10-28-13-15)14-5-4-6-16(23)11-14/h2-11,13,26H,12H2,1H3. The van der Waals surface area contributed by atoms with E-state index in [1.807, 2.05) is 59.3 Å². The fraction of sp³-hybridized carbons (Fsp3) is 0.136. The highest BCUT2D eigenvalue weighted by Crippen LogP contribution is 2.48. The van der Waals surface area contributed by atoms with E-state index in [1.54, 1.807) is 29.4 Å². The SMILES string of the molecule is CN1C(=O)C(Sc2ccccc2Cl)=C(O)CC1(c1ccsc1)c1cccc(Br)c1. The predicted octanol–water partition coefficient (Wildman–Crippen LogP) is 6.83. The number of amides is 1. The number of rotatable bonds is 4. The highest BCUT2D eigenvalue weighted by molar-refractivity contribution is 9.10. The summed E-state index contributed by atoms with van der Waals surface area (Å²) in [7, 11) is 1.79. The predicted molar refractivity (Wildman–Crippen MR) is 124 cm³/mol. The first-order valence-electron chi connectivity index (χ1n) is 8.85. The van der Waals surface area contributed by atoms with Crippen LogP contribution in [0.3, 0.4) is 0 Å². The van der Waals surface area contributed by atoms with Crippen LogP contribution in [0, 0.1) is 0 Å². The Balaban J connectivity index is 1.85. The highest BCUT2D eigenvalue weighted by atomic mass is 79.9. The molecular formula is C22H17BrClNO2S2. The molecule has 1 atom stereocenters. The van der Waals surface area contributed by atoms with Crippen LogP contribution in [0.2, 0.25) is 5.02 Å². The van der Waals surface area contributed by atoms with Gasteiger partial charge in [0, 0.05) is 22.8 Å². The van der Waals surface area contributed by atoms with Gasteiger partial charge >= 0.3 is 0 Å². The van der Waals surface area contributed by atoms with Gasteiger partial charge in [-0.3, -0.25) is 4.79 Å². The van der Waals surface area contributed by atoms with Crippen LogP contribution in [-0.2, 0) is 10.3 Å². The van der Waals surface area contributed by atoms with E-state index < -0.39 is 5.54 Å². The van der Waals surface area contributed by atoms with Crippen molar-refractivity contribution in [1.82, 2.24) is 4.90 Å². The Morgan fingerprint density at radius 2 is 1.97 bits per heavy atom. The van der Waals surface area contributed by atoms with Crippen molar-refractivity contribution in [3.63, 3.8) is 0 Å². The quantitative estimate of drug-likeness (QED) is 0.421. The second-order valence-electron chi connectivity index (χ2n) is 6.73. The molecule has 1 unspecified atom stereocenters. The van der Waals surface area contributed by atoms with Crippen molar-refractivity contribution in [3.05, 3.63) is 96.6 Å². The molecule has 0 bridgehead atoms. The van der Waals surface area contributed by atoms with Crippen molar-refractivity contribution in [1.29, 1.82) is 0 Å². The van der Waals surface area contributed by atoms with Crippen molar-refractivity contribution in [2.45, 2.75) is 16.9 Å². The Morgan fingerprint density at radius 3 is 2.66 bits per heavy atom. The van der Waals surface area contributed by atoms with Gasteiger partial charge in [0.2, 0.25) is 0 Å². The zero-order valence-corrected chi connectivity index (χ0v) is 19.4. The maximum absolute atomic E-state index is 13.5. The second-order valence-corrected chi connectivity index (χ2v) is 9.89. The summed E-state index contributed by atoms with van der Waals surface area (Å²) in [6, 6.07) is 17.2. The molecule has 1 N–H and O–H groups in total. The van der Waals surface area contributed by atoms with Crippen LogP contribution in [0.4, 0.5) is 0 Å². The number of nitrogens with zero attached hydrogens (tertiary/aromatic N) is 1. The number of halogens is 2. The molecule has 29 heavy (non-hydrogen) atoms. The Kier molecular flexibility index (Phi) is 5.80. The highest BCUT2D eigenvalue weighted by Gasteiger charge is 2.47. The van der Waals surface area contributed by atoms with Gasteiger partial charge in [0.25, 0.3) is 5.91 Å². The zero-order valence-electron chi connectivity index (χ0n) is 15.4. The van der Waals surface area contributed by atoms with Crippen LogP contribution in [0.1, 0.15) is 17.5 Å². The van der Waals surface area contributed by atoms with E-state index in [9.17, 15) is 9.90 Å². The van der Waals surface area contributed by atoms with Crippen LogP contribution >= 0.6 is 50.6 Å². The van der Waals surface area contributed by atoms with E-state index in [1.165, 1.54) is 11.8 Å². The lowest BCUT2D eigenvalue weighted by atomic mass is 9.77. The summed E-state index contributed by atoms with van der Waals surface area (Å²) in [6.07, 6.45) is 0.287. The Morgan fingerprint density at radius 1 is 1.17 bits per heavy atom. The third-order valence-corrected chi connectivity index (χ3v) is 7.91. The van der Waals surface area contributed by atoms with Gasteiger partial charge in [-0.25, -0.2) is 0 Å². The van der Waals surface area contributed by atoms with Gasteiger partial charge in [-0.1, -0.05) is 63.6 Å². The molecule has 0 radical (unpaired) electrons. The fourth-order valence-electron chi connectivity index (χ4n) is 3.63. The molecule has 1 aliphatic heterocycles. The molecule has 3 aromatic rings. The van der Waals surface area contributed by atoms with E-state index in [2.05, 4.69) is 15.9 Å². The van der Waals surface area contributed by atoms with E-state index >= 15 is 0 Å². The smallest absolute Gasteiger partial charge is 0.264 e. The molecule has 1 aliphatic rings. The molecule has 0 saturated carbocycles. The van der Waals surface area contributed by atoms with Crippen molar-refractivity contribution in [2.24, 2.45) is 0 Å². The maximum atomic E-state index is 13.5. The summed E-state index contributed by atoms with van der Waals surface area (Å²) in [6.45, 7) is 0. The Labute approximate surface area is 191 Å². The zero-order chi connectivity index (χ0) is 20.6. The first kappa shape index (κ1) is 20.5. The second kappa shape index (κ2) is 8.19. The van der Waals surface area contributed by atoms with Crippen molar-refractivity contribution in [3.8, 4) is 0 Å². The molecule has 2 aromatic carbocycles. The number of aliphatic hydroxyl groups is 1. The van der Waals surface area contributed by atoms with Crippen LogP contribution in [-0.4, -0.2) is 23.0 Å². The molecule has 0 aliphatic carbocycles. The van der Waals surface area contributed by atoms with E-state index in [0.29, 0.717) is 9.93 Å². The van der Waals surface area contributed by atoms with Crippen LogP contribution in [0.5, 0.6) is 0 Å². The first-order chi connectivity index (χ1) is 13.9. The number of benzene rings is 2. The Bertz CT molecular complexity index is 1100. The molecule has 3 nitrogen and oxygen atoms in total. The Hall–Kier alpha value is -1.73. The number of carbonyl (C=O) groups is 1. The summed E-state index contributed by atoms with van der Waals surface area (Å²) in [5, 5.41) is 15.6. The third kappa shape index (κ3) is 3.63.